The van der Waals surface area contributed by atoms with Gasteiger partial charge in [0.15, 0.2) is 0 Å². The molecule has 0 saturated carbocycles. The molecule has 1 aliphatic heterocycles. The fourth-order valence-corrected chi connectivity index (χ4v) is 2.79. The van der Waals surface area contributed by atoms with Gasteiger partial charge < -0.3 is 4.98 Å². The van der Waals surface area contributed by atoms with Crippen LogP contribution in [0.3, 0.4) is 0 Å². The van der Waals surface area contributed by atoms with Gasteiger partial charge in [0.05, 0.1) is 0 Å². The molecule has 0 atom stereocenters. The van der Waals surface area contributed by atoms with E-state index in [2.05, 4.69) is 9.88 Å². The van der Waals surface area contributed by atoms with Crippen molar-refractivity contribution in [3.8, 4) is 0 Å². The van der Waals surface area contributed by atoms with E-state index in [1.807, 2.05) is 6.92 Å². The number of rotatable bonds is 2. The van der Waals surface area contributed by atoms with Crippen molar-refractivity contribution in [2.75, 3.05) is 13.1 Å². The lowest BCUT2D eigenvalue weighted by molar-refractivity contribution is 0.222. The molecule has 2 rings (SSSR count). The fraction of sp³-hybridized carbons (Fsp3) is 0.700. The summed E-state index contributed by atoms with van der Waals surface area (Å²) in [4.78, 5) is 17.7. The highest BCUT2D eigenvalue weighted by Crippen LogP contribution is 2.15. The van der Waals surface area contributed by atoms with Crippen LogP contribution in [0, 0.1) is 6.92 Å². The molecule has 1 aromatic rings. The van der Waals surface area contributed by atoms with Crippen LogP contribution in [0.1, 0.15) is 29.8 Å². The van der Waals surface area contributed by atoms with Gasteiger partial charge in [0.2, 0.25) is 0 Å². The summed E-state index contributed by atoms with van der Waals surface area (Å²) in [7, 11) is 0. The van der Waals surface area contributed by atoms with E-state index in [-0.39, 0.29) is 4.87 Å². The van der Waals surface area contributed by atoms with Gasteiger partial charge in [-0.1, -0.05) is 17.8 Å². The van der Waals surface area contributed by atoms with Crippen LogP contribution in [-0.4, -0.2) is 23.0 Å². The van der Waals surface area contributed by atoms with E-state index in [4.69, 9.17) is 0 Å². The number of aromatic nitrogens is 1. The summed E-state index contributed by atoms with van der Waals surface area (Å²) < 4.78 is 0. The SMILES string of the molecule is Cc1[nH]c(=O)sc1CN1CCCCC1. The monoisotopic (exact) mass is 212 g/mol. The Balaban J connectivity index is 2.02. The van der Waals surface area contributed by atoms with Gasteiger partial charge in [-0.15, -0.1) is 0 Å². The summed E-state index contributed by atoms with van der Waals surface area (Å²) >= 11 is 1.36. The van der Waals surface area contributed by atoms with Gasteiger partial charge in [-0.3, -0.25) is 9.69 Å². The second-order valence-electron chi connectivity index (χ2n) is 3.90. The molecule has 0 amide bonds. The van der Waals surface area contributed by atoms with Crippen molar-refractivity contribution in [3.63, 3.8) is 0 Å². The number of hydrogen-bond acceptors (Lipinski definition) is 3. The van der Waals surface area contributed by atoms with Gasteiger partial charge in [-0.2, -0.15) is 0 Å². The topological polar surface area (TPSA) is 36.1 Å². The van der Waals surface area contributed by atoms with E-state index >= 15 is 0 Å². The Bertz CT molecular complexity index is 349. The van der Waals surface area contributed by atoms with Crippen LogP contribution < -0.4 is 4.87 Å². The first-order valence-corrected chi connectivity index (χ1v) is 5.98. The van der Waals surface area contributed by atoms with Crippen LogP contribution in [0.25, 0.3) is 0 Å². The zero-order valence-corrected chi connectivity index (χ0v) is 9.32. The summed E-state index contributed by atoms with van der Waals surface area (Å²) in [6.07, 6.45) is 3.97. The molecule has 0 unspecified atom stereocenters. The molecule has 0 bridgehead atoms. The molecule has 1 aromatic heterocycles. The van der Waals surface area contributed by atoms with Crippen LogP contribution in [-0.2, 0) is 6.54 Å². The van der Waals surface area contributed by atoms with E-state index in [9.17, 15) is 4.79 Å². The van der Waals surface area contributed by atoms with Crippen LogP contribution >= 0.6 is 11.3 Å². The van der Waals surface area contributed by atoms with Gasteiger partial charge in [0.25, 0.3) is 0 Å². The molecule has 1 saturated heterocycles. The molecule has 0 radical (unpaired) electrons. The minimum Gasteiger partial charge on any atom is -0.317 e. The van der Waals surface area contributed by atoms with E-state index in [1.54, 1.807) is 0 Å². The Hall–Kier alpha value is -0.610. The molecule has 0 aromatic carbocycles. The summed E-state index contributed by atoms with van der Waals surface area (Å²) in [6.45, 7) is 5.31. The maximum atomic E-state index is 11.1. The van der Waals surface area contributed by atoms with Crippen molar-refractivity contribution in [2.45, 2.75) is 32.7 Å². The number of nitrogens with one attached hydrogen (secondary N) is 1. The number of thiazole rings is 1. The van der Waals surface area contributed by atoms with E-state index in [1.165, 1.54) is 48.6 Å². The first kappa shape index (κ1) is 9.93. The first-order chi connectivity index (χ1) is 6.75. The van der Waals surface area contributed by atoms with Gasteiger partial charge in [-0.05, 0) is 32.9 Å². The number of piperidine rings is 1. The average Bonchev–Trinajstić information content (AvgIpc) is 2.47. The van der Waals surface area contributed by atoms with Crippen molar-refractivity contribution in [1.82, 2.24) is 9.88 Å². The number of hydrogen-bond donors (Lipinski definition) is 1. The maximum absolute atomic E-state index is 11.1. The lowest BCUT2D eigenvalue weighted by Gasteiger charge is -2.25. The van der Waals surface area contributed by atoms with E-state index < -0.39 is 0 Å². The predicted octanol–water partition coefficient (Wildman–Crippen LogP) is 1.73. The number of H-pyrrole nitrogens is 1. The largest absolute Gasteiger partial charge is 0.317 e. The number of likely N-dealkylation sites (tertiary alicyclic amines) is 1. The second kappa shape index (κ2) is 4.28. The summed E-state index contributed by atoms with van der Waals surface area (Å²) in [6, 6.07) is 0. The van der Waals surface area contributed by atoms with Crippen LogP contribution in [0.5, 0.6) is 0 Å². The third-order valence-corrected chi connectivity index (χ3v) is 3.71. The highest BCUT2D eigenvalue weighted by Gasteiger charge is 2.13. The Morgan fingerprint density at radius 2 is 2.07 bits per heavy atom. The summed E-state index contributed by atoms with van der Waals surface area (Å²) in [5.74, 6) is 0. The first-order valence-electron chi connectivity index (χ1n) is 5.16. The molecular weight excluding hydrogens is 196 g/mol. The molecule has 0 spiro atoms. The zero-order chi connectivity index (χ0) is 9.97. The molecule has 78 valence electrons. The highest BCUT2D eigenvalue weighted by molar-refractivity contribution is 7.09. The Morgan fingerprint density at radius 1 is 1.36 bits per heavy atom. The van der Waals surface area contributed by atoms with Gasteiger partial charge in [-0.25, -0.2) is 0 Å². The lowest BCUT2D eigenvalue weighted by atomic mass is 10.1. The number of aromatic amines is 1. The molecule has 3 nitrogen and oxygen atoms in total. The second-order valence-corrected chi connectivity index (χ2v) is 4.97. The molecule has 14 heavy (non-hydrogen) atoms. The Labute approximate surface area is 87.8 Å². The molecule has 2 heterocycles. The van der Waals surface area contributed by atoms with Crippen molar-refractivity contribution in [1.29, 1.82) is 0 Å². The lowest BCUT2D eigenvalue weighted by Crippen LogP contribution is -2.28. The fourth-order valence-electron chi connectivity index (χ4n) is 1.91. The molecule has 4 heteroatoms. The molecule has 1 fully saturated rings. The van der Waals surface area contributed by atoms with E-state index in [0.717, 1.165) is 12.2 Å². The van der Waals surface area contributed by atoms with Crippen molar-refractivity contribution in [2.24, 2.45) is 0 Å². The van der Waals surface area contributed by atoms with Crippen molar-refractivity contribution < 1.29 is 0 Å². The average molecular weight is 212 g/mol. The standard InChI is InChI=1S/C10H16N2OS/c1-8-9(14-10(13)11-8)7-12-5-3-2-4-6-12/h2-7H2,1H3,(H,11,13). The van der Waals surface area contributed by atoms with Gasteiger partial charge in [0.1, 0.15) is 0 Å². The van der Waals surface area contributed by atoms with Gasteiger partial charge in [0, 0.05) is 17.1 Å². The third-order valence-electron chi connectivity index (χ3n) is 2.74. The van der Waals surface area contributed by atoms with E-state index in [0.29, 0.717) is 0 Å². The summed E-state index contributed by atoms with van der Waals surface area (Å²) in [5.41, 5.74) is 1.05. The van der Waals surface area contributed by atoms with Crippen LogP contribution in [0.4, 0.5) is 0 Å². The Morgan fingerprint density at radius 3 is 2.64 bits per heavy atom. The molecular formula is C10H16N2OS. The summed E-state index contributed by atoms with van der Waals surface area (Å²) in [5, 5.41) is 0. The number of nitrogens with zero attached hydrogens (tertiary/aromatic N) is 1. The molecule has 1 N–H and O–H groups in total. The predicted molar refractivity (Wildman–Crippen MR) is 58.8 cm³/mol. The molecule has 0 aliphatic carbocycles. The number of aryl methyl sites for hydroxylation is 1. The third kappa shape index (κ3) is 2.25. The minimum absolute atomic E-state index is 0.0782. The Kier molecular flexibility index (Phi) is 3.03. The van der Waals surface area contributed by atoms with Gasteiger partial charge >= 0.3 is 4.87 Å². The zero-order valence-electron chi connectivity index (χ0n) is 8.51. The maximum Gasteiger partial charge on any atom is 0.304 e. The molecule has 1 aliphatic rings. The highest BCUT2D eigenvalue weighted by atomic mass is 32.1. The minimum atomic E-state index is 0.0782. The van der Waals surface area contributed by atoms with Crippen LogP contribution in [0.15, 0.2) is 4.79 Å². The normalized spacial score (nSPS) is 18.6. The quantitative estimate of drug-likeness (QED) is 0.810. The smallest absolute Gasteiger partial charge is 0.304 e. The van der Waals surface area contributed by atoms with Crippen molar-refractivity contribution in [3.05, 3.63) is 20.2 Å². The van der Waals surface area contributed by atoms with Crippen molar-refractivity contribution >= 4 is 11.3 Å². The van der Waals surface area contributed by atoms with Crippen LogP contribution in [0.2, 0.25) is 0 Å².